The van der Waals surface area contributed by atoms with Crippen LogP contribution in [0.2, 0.25) is 5.02 Å². The van der Waals surface area contributed by atoms with E-state index < -0.39 is 0 Å². The normalized spacial score (nSPS) is 10.9. The second kappa shape index (κ2) is 5.02. The van der Waals surface area contributed by atoms with Crippen molar-refractivity contribution in [1.29, 1.82) is 0 Å². The molecule has 0 aliphatic rings. The van der Waals surface area contributed by atoms with E-state index in [4.69, 9.17) is 22.1 Å². The molecular weight excluding hydrogens is 276 g/mol. The van der Waals surface area contributed by atoms with Crippen LogP contribution in [-0.4, -0.2) is 21.6 Å². The number of aromatic nitrogens is 3. The number of nitrogens with zero attached hydrogens (tertiary/aromatic N) is 2. The van der Waals surface area contributed by atoms with E-state index in [9.17, 15) is 0 Å². The Morgan fingerprint density at radius 2 is 2.10 bits per heavy atom. The Kier molecular flexibility index (Phi) is 3.20. The van der Waals surface area contributed by atoms with Gasteiger partial charge in [0.05, 0.1) is 22.8 Å². The van der Waals surface area contributed by atoms with Crippen LogP contribution >= 0.6 is 11.6 Å². The summed E-state index contributed by atoms with van der Waals surface area (Å²) in [5.41, 5.74) is 8.64. The number of H-pyrrole nitrogens is 1. The van der Waals surface area contributed by atoms with Gasteiger partial charge >= 0.3 is 0 Å². The van der Waals surface area contributed by atoms with Gasteiger partial charge in [0.2, 0.25) is 5.88 Å². The molecule has 0 unspecified atom stereocenters. The summed E-state index contributed by atoms with van der Waals surface area (Å²) < 4.78 is 5.36. The lowest BCUT2D eigenvalue weighted by molar-refractivity contribution is 0.328. The third kappa shape index (κ3) is 2.16. The predicted octanol–water partition coefficient (Wildman–Crippen LogP) is 3.26. The van der Waals surface area contributed by atoms with E-state index in [2.05, 4.69) is 15.0 Å². The van der Waals surface area contributed by atoms with Gasteiger partial charge in [0.25, 0.3) is 0 Å². The van der Waals surface area contributed by atoms with Crippen molar-refractivity contribution in [3.8, 4) is 17.3 Å². The molecule has 2 heterocycles. The Hall–Kier alpha value is -2.27. The number of halogens is 1. The van der Waals surface area contributed by atoms with Crippen LogP contribution in [0, 0.1) is 0 Å². The molecule has 3 aromatic rings. The van der Waals surface area contributed by atoms with Crippen LogP contribution < -0.4 is 10.5 Å². The van der Waals surface area contributed by atoms with Crippen LogP contribution in [0.5, 0.6) is 5.88 Å². The average molecular weight is 289 g/mol. The Balaban J connectivity index is 2.10. The fourth-order valence-corrected chi connectivity index (χ4v) is 2.15. The number of para-hydroxylation sites is 1. The molecule has 0 saturated carbocycles. The van der Waals surface area contributed by atoms with Crippen molar-refractivity contribution in [3.63, 3.8) is 0 Å². The minimum absolute atomic E-state index is 0.498. The van der Waals surface area contributed by atoms with Crippen molar-refractivity contribution in [2.45, 2.75) is 6.92 Å². The fraction of sp³-hybridized carbons (Fsp3) is 0.143. The van der Waals surface area contributed by atoms with Crippen molar-refractivity contribution in [2.75, 3.05) is 12.3 Å². The summed E-state index contributed by atoms with van der Waals surface area (Å²) in [6.45, 7) is 2.48. The Bertz CT molecular complexity index is 769. The molecule has 0 amide bonds. The van der Waals surface area contributed by atoms with Crippen LogP contribution in [0.3, 0.4) is 0 Å². The minimum atomic E-state index is 0.498. The molecule has 0 radical (unpaired) electrons. The molecule has 0 atom stereocenters. The zero-order valence-corrected chi connectivity index (χ0v) is 11.6. The number of hydrogen-bond donors (Lipinski definition) is 2. The average Bonchev–Trinajstić information content (AvgIpc) is 2.85. The number of imidazole rings is 1. The SMILES string of the molecule is CCOc1ccc2[nH]c(-c3cccc(Cl)c3N)nc2n1. The summed E-state index contributed by atoms with van der Waals surface area (Å²) in [7, 11) is 0. The lowest BCUT2D eigenvalue weighted by Gasteiger charge is -2.03. The van der Waals surface area contributed by atoms with Gasteiger partial charge in [0, 0.05) is 11.6 Å². The number of ether oxygens (including phenoxy) is 1. The number of nitrogens with two attached hydrogens (primary N) is 1. The summed E-state index contributed by atoms with van der Waals surface area (Å²) in [6.07, 6.45) is 0. The van der Waals surface area contributed by atoms with Gasteiger partial charge in [-0.3, -0.25) is 0 Å². The van der Waals surface area contributed by atoms with Crippen LogP contribution in [0.15, 0.2) is 30.3 Å². The number of rotatable bonds is 3. The molecular formula is C14H13ClN4O. The number of nitrogens with one attached hydrogen (secondary N) is 1. The van der Waals surface area contributed by atoms with E-state index >= 15 is 0 Å². The molecule has 102 valence electrons. The van der Waals surface area contributed by atoms with Gasteiger partial charge < -0.3 is 15.5 Å². The second-order valence-corrected chi connectivity index (χ2v) is 4.65. The highest BCUT2D eigenvalue weighted by Crippen LogP contribution is 2.30. The summed E-state index contributed by atoms with van der Waals surface area (Å²) in [4.78, 5) is 11.9. The molecule has 6 heteroatoms. The highest BCUT2D eigenvalue weighted by Gasteiger charge is 2.11. The first-order chi connectivity index (χ1) is 9.69. The Morgan fingerprint density at radius 3 is 2.90 bits per heavy atom. The maximum absolute atomic E-state index is 6.03. The van der Waals surface area contributed by atoms with Crippen molar-refractivity contribution < 1.29 is 4.74 Å². The smallest absolute Gasteiger partial charge is 0.215 e. The first-order valence-electron chi connectivity index (χ1n) is 6.23. The van der Waals surface area contributed by atoms with Crippen molar-refractivity contribution in [1.82, 2.24) is 15.0 Å². The highest BCUT2D eigenvalue weighted by molar-refractivity contribution is 6.33. The zero-order chi connectivity index (χ0) is 14.1. The zero-order valence-electron chi connectivity index (χ0n) is 10.9. The van der Waals surface area contributed by atoms with Crippen molar-refractivity contribution in [2.24, 2.45) is 0 Å². The summed E-state index contributed by atoms with van der Waals surface area (Å²) in [5.74, 6) is 1.19. The van der Waals surface area contributed by atoms with Gasteiger partial charge in [-0.05, 0) is 25.1 Å². The van der Waals surface area contributed by atoms with Gasteiger partial charge in [-0.2, -0.15) is 4.98 Å². The summed E-state index contributed by atoms with van der Waals surface area (Å²) in [5, 5.41) is 0.505. The number of hydrogen-bond acceptors (Lipinski definition) is 4. The number of aromatic amines is 1. The van der Waals surface area contributed by atoms with Crippen molar-refractivity contribution in [3.05, 3.63) is 35.4 Å². The molecule has 0 spiro atoms. The number of pyridine rings is 1. The molecule has 3 rings (SSSR count). The van der Waals surface area contributed by atoms with Gasteiger partial charge in [0.1, 0.15) is 5.82 Å². The van der Waals surface area contributed by atoms with E-state index in [1.54, 1.807) is 12.1 Å². The molecule has 0 bridgehead atoms. The fourth-order valence-electron chi connectivity index (χ4n) is 1.97. The third-order valence-corrected chi connectivity index (χ3v) is 3.25. The maximum atomic E-state index is 6.03. The van der Waals surface area contributed by atoms with E-state index in [1.807, 2.05) is 25.1 Å². The molecule has 5 nitrogen and oxygen atoms in total. The minimum Gasteiger partial charge on any atom is -0.478 e. The third-order valence-electron chi connectivity index (χ3n) is 2.92. The number of benzene rings is 1. The summed E-state index contributed by atoms with van der Waals surface area (Å²) in [6, 6.07) is 9.12. The topological polar surface area (TPSA) is 76.8 Å². The monoisotopic (exact) mass is 288 g/mol. The molecule has 0 aliphatic heterocycles. The quantitative estimate of drug-likeness (QED) is 0.725. The molecule has 0 fully saturated rings. The van der Waals surface area contributed by atoms with E-state index in [-0.39, 0.29) is 0 Å². The van der Waals surface area contributed by atoms with Gasteiger partial charge in [-0.25, -0.2) is 4.98 Å². The van der Waals surface area contributed by atoms with Crippen LogP contribution in [0.25, 0.3) is 22.6 Å². The van der Waals surface area contributed by atoms with Crippen LogP contribution in [0.1, 0.15) is 6.92 Å². The lowest BCUT2D eigenvalue weighted by Crippen LogP contribution is -1.93. The molecule has 1 aromatic carbocycles. The molecule has 0 aliphatic carbocycles. The predicted molar refractivity (Wildman–Crippen MR) is 79.9 cm³/mol. The van der Waals surface area contributed by atoms with Crippen LogP contribution in [-0.2, 0) is 0 Å². The van der Waals surface area contributed by atoms with E-state index in [1.165, 1.54) is 0 Å². The first-order valence-corrected chi connectivity index (χ1v) is 6.60. The van der Waals surface area contributed by atoms with E-state index in [0.717, 1.165) is 11.1 Å². The van der Waals surface area contributed by atoms with E-state index in [0.29, 0.717) is 34.7 Å². The van der Waals surface area contributed by atoms with Crippen molar-refractivity contribution >= 4 is 28.5 Å². The van der Waals surface area contributed by atoms with Crippen LogP contribution in [0.4, 0.5) is 5.69 Å². The second-order valence-electron chi connectivity index (χ2n) is 4.24. The number of fused-ring (bicyclic) bond motifs is 1. The lowest BCUT2D eigenvalue weighted by atomic mass is 10.2. The number of anilines is 1. The Labute approximate surface area is 120 Å². The molecule has 2 aromatic heterocycles. The highest BCUT2D eigenvalue weighted by atomic mass is 35.5. The summed E-state index contributed by atoms with van der Waals surface area (Å²) >= 11 is 6.03. The maximum Gasteiger partial charge on any atom is 0.215 e. The van der Waals surface area contributed by atoms with Gasteiger partial charge in [-0.1, -0.05) is 17.7 Å². The molecule has 20 heavy (non-hydrogen) atoms. The largest absolute Gasteiger partial charge is 0.478 e. The Morgan fingerprint density at radius 1 is 1.25 bits per heavy atom. The first kappa shape index (κ1) is 12.7. The standard InChI is InChI=1S/C14H13ClN4O/c1-2-20-11-7-6-10-14(18-11)19-13(17-10)8-4-3-5-9(15)12(8)16/h3-7H,2,16H2,1H3,(H,17,18,19). The van der Waals surface area contributed by atoms with Gasteiger partial charge in [0.15, 0.2) is 5.65 Å². The number of nitrogen functional groups attached to an aromatic ring is 1. The van der Waals surface area contributed by atoms with Gasteiger partial charge in [-0.15, -0.1) is 0 Å². The molecule has 0 saturated heterocycles. The molecule has 3 N–H and O–H groups in total.